The van der Waals surface area contributed by atoms with E-state index in [1.165, 1.54) is 23.7 Å². The lowest BCUT2D eigenvalue weighted by Gasteiger charge is -2.12. The number of nitrogens with zero attached hydrogens (tertiary/aromatic N) is 2. The third kappa shape index (κ3) is 3.50. The average Bonchev–Trinajstić information content (AvgIpc) is 2.91. The van der Waals surface area contributed by atoms with E-state index in [0.717, 1.165) is 11.1 Å². The van der Waals surface area contributed by atoms with Gasteiger partial charge in [0.2, 0.25) is 15.7 Å². The second-order valence-corrected chi connectivity index (χ2v) is 8.22. The predicted octanol–water partition coefficient (Wildman–Crippen LogP) is 3.56. The van der Waals surface area contributed by atoms with Gasteiger partial charge in [-0.2, -0.15) is 9.78 Å². The van der Waals surface area contributed by atoms with Crippen molar-refractivity contribution in [2.45, 2.75) is 37.5 Å². The van der Waals surface area contributed by atoms with Crippen molar-refractivity contribution >= 4 is 15.8 Å². The minimum absolute atomic E-state index is 0.101. The van der Waals surface area contributed by atoms with E-state index in [-0.39, 0.29) is 21.4 Å². The summed E-state index contributed by atoms with van der Waals surface area (Å²) in [6.07, 6.45) is 0. The van der Waals surface area contributed by atoms with Crippen LogP contribution in [0.5, 0.6) is 5.88 Å². The maximum absolute atomic E-state index is 13.2. The number of aromatic nitrogens is 2. The van der Waals surface area contributed by atoms with Gasteiger partial charge in [-0.05, 0) is 44.5 Å². The van der Waals surface area contributed by atoms with Crippen LogP contribution in [0.25, 0.3) is 5.69 Å². The molecule has 0 spiro atoms. The fourth-order valence-electron chi connectivity index (χ4n) is 2.95. The molecule has 0 aliphatic rings. The van der Waals surface area contributed by atoms with Gasteiger partial charge in [-0.15, -0.1) is 0 Å². The summed E-state index contributed by atoms with van der Waals surface area (Å²) < 4.78 is 33.1. The summed E-state index contributed by atoms with van der Waals surface area (Å²) in [5, 5.41) is 4.38. The number of esters is 1. The van der Waals surface area contributed by atoms with E-state index in [1.807, 2.05) is 32.0 Å². The van der Waals surface area contributed by atoms with E-state index in [0.29, 0.717) is 5.69 Å². The number of hydrogen-bond donors (Lipinski definition) is 0. The van der Waals surface area contributed by atoms with Crippen molar-refractivity contribution < 1.29 is 17.9 Å². The second kappa shape index (κ2) is 7.00. The SMILES string of the molecule is CC(=O)Oc1c(S(=O)(=O)c2ccccc2)c(C)nn1-c1ccc(C)cc1C. The fourth-order valence-corrected chi connectivity index (χ4v) is 4.49. The minimum atomic E-state index is -3.91. The zero-order valence-corrected chi connectivity index (χ0v) is 16.4. The van der Waals surface area contributed by atoms with Crippen molar-refractivity contribution in [2.24, 2.45) is 0 Å². The Morgan fingerprint density at radius 3 is 2.30 bits per heavy atom. The van der Waals surface area contributed by atoms with E-state index in [9.17, 15) is 13.2 Å². The molecule has 0 amide bonds. The first-order valence-corrected chi connectivity index (χ1v) is 9.86. The molecular weight excluding hydrogens is 364 g/mol. The van der Waals surface area contributed by atoms with Gasteiger partial charge in [0, 0.05) is 6.92 Å². The molecule has 1 heterocycles. The molecule has 0 bridgehead atoms. The molecule has 1 aromatic heterocycles. The molecule has 0 aliphatic carbocycles. The quantitative estimate of drug-likeness (QED) is 0.643. The summed E-state index contributed by atoms with van der Waals surface area (Å²) in [7, 11) is -3.91. The normalized spacial score (nSPS) is 11.4. The molecule has 3 rings (SSSR count). The zero-order valence-electron chi connectivity index (χ0n) is 15.6. The van der Waals surface area contributed by atoms with Crippen LogP contribution in [0.1, 0.15) is 23.7 Å². The summed E-state index contributed by atoms with van der Waals surface area (Å²) in [5.74, 6) is -0.721. The van der Waals surface area contributed by atoms with E-state index in [4.69, 9.17) is 4.74 Å². The van der Waals surface area contributed by atoms with Crippen LogP contribution in [0.15, 0.2) is 58.3 Å². The first-order chi connectivity index (χ1) is 12.7. The van der Waals surface area contributed by atoms with Gasteiger partial charge in [-0.3, -0.25) is 4.79 Å². The Kier molecular flexibility index (Phi) is 4.89. The smallest absolute Gasteiger partial charge is 0.309 e. The number of carbonyl (C=O) groups excluding carboxylic acids is 1. The summed E-state index contributed by atoms with van der Waals surface area (Å²) in [6, 6.07) is 13.7. The molecule has 2 aromatic carbocycles. The van der Waals surface area contributed by atoms with Gasteiger partial charge in [0.05, 0.1) is 16.3 Å². The van der Waals surface area contributed by atoms with Crippen molar-refractivity contribution in [3.8, 4) is 11.6 Å². The lowest BCUT2D eigenvalue weighted by Crippen LogP contribution is -2.11. The van der Waals surface area contributed by atoms with Gasteiger partial charge in [0.15, 0.2) is 4.90 Å². The van der Waals surface area contributed by atoms with Crippen LogP contribution in [0.4, 0.5) is 0 Å². The molecular formula is C20H20N2O4S. The zero-order chi connectivity index (χ0) is 19.8. The molecule has 0 unspecified atom stereocenters. The molecule has 3 aromatic rings. The number of sulfone groups is 1. The van der Waals surface area contributed by atoms with E-state index >= 15 is 0 Å². The first kappa shape index (κ1) is 18.8. The van der Waals surface area contributed by atoms with Crippen LogP contribution >= 0.6 is 0 Å². The first-order valence-electron chi connectivity index (χ1n) is 8.37. The van der Waals surface area contributed by atoms with Crippen molar-refractivity contribution in [3.63, 3.8) is 0 Å². The van der Waals surface area contributed by atoms with Gasteiger partial charge >= 0.3 is 5.97 Å². The Hall–Kier alpha value is -2.93. The molecule has 0 saturated carbocycles. The van der Waals surface area contributed by atoms with Crippen LogP contribution in [0.2, 0.25) is 0 Å². The fraction of sp³-hybridized carbons (Fsp3) is 0.200. The van der Waals surface area contributed by atoms with Crippen LogP contribution in [0, 0.1) is 20.8 Å². The van der Waals surface area contributed by atoms with E-state index < -0.39 is 15.8 Å². The molecule has 140 valence electrons. The standard InChI is InChI=1S/C20H20N2O4S/c1-13-10-11-18(14(2)12-13)22-20(26-16(4)23)19(15(3)21-22)27(24,25)17-8-6-5-7-9-17/h5-12H,1-4H3. The molecule has 0 fully saturated rings. The van der Waals surface area contributed by atoms with Crippen LogP contribution in [0.3, 0.4) is 0 Å². The monoisotopic (exact) mass is 384 g/mol. The van der Waals surface area contributed by atoms with E-state index in [1.54, 1.807) is 25.1 Å². The molecule has 6 nitrogen and oxygen atoms in total. The van der Waals surface area contributed by atoms with E-state index in [2.05, 4.69) is 5.10 Å². The third-order valence-electron chi connectivity index (χ3n) is 4.11. The Morgan fingerprint density at radius 2 is 1.70 bits per heavy atom. The average molecular weight is 384 g/mol. The highest BCUT2D eigenvalue weighted by Gasteiger charge is 2.31. The Balaban J connectivity index is 2.30. The van der Waals surface area contributed by atoms with Crippen molar-refractivity contribution in [1.29, 1.82) is 0 Å². The number of rotatable bonds is 4. The number of benzene rings is 2. The minimum Gasteiger partial charge on any atom is -0.406 e. The van der Waals surface area contributed by atoms with Crippen LogP contribution in [-0.2, 0) is 14.6 Å². The van der Waals surface area contributed by atoms with Gasteiger partial charge in [0.1, 0.15) is 0 Å². The van der Waals surface area contributed by atoms with Crippen LogP contribution < -0.4 is 4.74 Å². The highest BCUT2D eigenvalue weighted by atomic mass is 32.2. The summed E-state index contributed by atoms with van der Waals surface area (Å²) in [6.45, 7) is 6.67. The lowest BCUT2D eigenvalue weighted by molar-refractivity contribution is -0.132. The van der Waals surface area contributed by atoms with Gasteiger partial charge in [0.25, 0.3) is 0 Å². The van der Waals surface area contributed by atoms with Gasteiger partial charge in [-0.1, -0.05) is 35.9 Å². The third-order valence-corrected chi connectivity index (χ3v) is 6.01. The molecule has 0 atom stereocenters. The summed E-state index contributed by atoms with van der Waals surface area (Å²) in [5.41, 5.74) is 2.85. The topological polar surface area (TPSA) is 78.3 Å². The Labute approximate surface area is 158 Å². The summed E-state index contributed by atoms with van der Waals surface area (Å²) >= 11 is 0. The lowest BCUT2D eigenvalue weighted by atomic mass is 10.1. The Bertz CT molecular complexity index is 1120. The number of ether oxygens (including phenoxy) is 1. The highest BCUT2D eigenvalue weighted by Crippen LogP contribution is 2.35. The van der Waals surface area contributed by atoms with Crippen LogP contribution in [-0.4, -0.2) is 24.2 Å². The van der Waals surface area contributed by atoms with Gasteiger partial charge in [-0.25, -0.2) is 8.42 Å². The molecule has 0 aliphatic heterocycles. The molecule has 0 radical (unpaired) electrons. The number of aryl methyl sites for hydroxylation is 3. The largest absolute Gasteiger partial charge is 0.406 e. The maximum Gasteiger partial charge on any atom is 0.309 e. The summed E-state index contributed by atoms with van der Waals surface area (Å²) in [4.78, 5) is 11.7. The van der Waals surface area contributed by atoms with Gasteiger partial charge < -0.3 is 4.74 Å². The van der Waals surface area contributed by atoms with Crippen molar-refractivity contribution in [2.75, 3.05) is 0 Å². The van der Waals surface area contributed by atoms with Crippen molar-refractivity contribution in [3.05, 3.63) is 65.4 Å². The maximum atomic E-state index is 13.2. The second-order valence-electron chi connectivity index (χ2n) is 6.33. The van der Waals surface area contributed by atoms with Crippen molar-refractivity contribution in [1.82, 2.24) is 9.78 Å². The highest BCUT2D eigenvalue weighted by molar-refractivity contribution is 7.91. The molecule has 27 heavy (non-hydrogen) atoms. The molecule has 7 heteroatoms. The number of hydrogen-bond acceptors (Lipinski definition) is 5. The molecule has 0 saturated heterocycles. The molecule has 0 N–H and O–H groups in total. The Morgan fingerprint density at radius 1 is 1.04 bits per heavy atom. The predicted molar refractivity (Wildman–Crippen MR) is 101 cm³/mol. The number of carbonyl (C=O) groups is 1.